The first-order valence-electron chi connectivity index (χ1n) is 9.55. The lowest BCUT2D eigenvalue weighted by Crippen LogP contribution is -2.47. The van der Waals surface area contributed by atoms with Crippen LogP contribution in [0.1, 0.15) is 28.3 Å². The van der Waals surface area contributed by atoms with Crippen molar-refractivity contribution >= 4 is 17.5 Å². The van der Waals surface area contributed by atoms with E-state index in [2.05, 4.69) is 29.4 Å². The molecule has 27 heavy (non-hydrogen) atoms. The van der Waals surface area contributed by atoms with Gasteiger partial charge in [-0.25, -0.2) is 0 Å². The zero-order chi connectivity index (χ0) is 18.8. The summed E-state index contributed by atoms with van der Waals surface area (Å²) in [5.41, 5.74) is 2.64. The SMILES string of the molecule is CN1CCN(C(=O)c2ccc(NC(=O)C3CC3c3ccccc3)cc2)CC1. The molecule has 5 heteroatoms. The largest absolute Gasteiger partial charge is 0.336 e. The summed E-state index contributed by atoms with van der Waals surface area (Å²) in [6.07, 6.45) is 0.899. The number of rotatable bonds is 4. The van der Waals surface area contributed by atoms with Gasteiger partial charge in [-0.1, -0.05) is 30.3 Å². The van der Waals surface area contributed by atoms with Crippen LogP contribution >= 0.6 is 0 Å². The third-order valence-electron chi connectivity index (χ3n) is 5.54. The summed E-state index contributed by atoms with van der Waals surface area (Å²) >= 11 is 0. The molecular weight excluding hydrogens is 338 g/mol. The van der Waals surface area contributed by atoms with E-state index in [9.17, 15) is 9.59 Å². The van der Waals surface area contributed by atoms with Gasteiger partial charge in [-0.05, 0) is 49.2 Å². The lowest BCUT2D eigenvalue weighted by molar-refractivity contribution is -0.117. The third kappa shape index (κ3) is 4.03. The Hall–Kier alpha value is -2.66. The Morgan fingerprint density at radius 1 is 0.926 bits per heavy atom. The van der Waals surface area contributed by atoms with E-state index in [1.54, 1.807) is 12.1 Å². The van der Waals surface area contributed by atoms with Crippen LogP contribution in [0, 0.1) is 5.92 Å². The van der Waals surface area contributed by atoms with Crippen LogP contribution in [0.25, 0.3) is 0 Å². The second kappa shape index (κ2) is 7.53. The second-order valence-corrected chi connectivity index (χ2v) is 7.52. The highest BCUT2D eigenvalue weighted by atomic mass is 16.2. The Balaban J connectivity index is 1.33. The third-order valence-corrected chi connectivity index (χ3v) is 5.54. The summed E-state index contributed by atoms with van der Waals surface area (Å²) in [4.78, 5) is 29.2. The Kier molecular flexibility index (Phi) is 4.94. The molecule has 1 saturated carbocycles. The molecular formula is C22H25N3O2. The van der Waals surface area contributed by atoms with Gasteiger partial charge in [0, 0.05) is 43.3 Å². The van der Waals surface area contributed by atoms with Crippen LogP contribution < -0.4 is 5.32 Å². The first-order valence-corrected chi connectivity index (χ1v) is 9.55. The number of nitrogens with zero attached hydrogens (tertiary/aromatic N) is 2. The van der Waals surface area contributed by atoms with Crippen molar-refractivity contribution in [2.45, 2.75) is 12.3 Å². The number of anilines is 1. The van der Waals surface area contributed by atoms with Gasteiger partial charge in [0.05, 0.1) is 0 Å². The number of hydrogen-bond donors (Lipinski definition) is 1. The predicted octanol–water partition coefficient (Wildman–Crippen LogP) is 2.82. The Morgan fingerprint density at radius 2 is 1.59 bits per heavy atom. The van der Waals surface area contributed by atoms with Crippen LogP contribution in [0.5, 0.6) is 0 Å². The number of amides is 2. The molecule has 0 bridgehead atoms. The zero-order valence-electron chi connectivity index (χ0n) is 15.6. The van der Waals surface area contributed by atoms with Crippen LogP contribution in [-0.2, 0) is 4.79 Å². The van der Waals surface area contributed by atoms with Crippen LogP contribution in [-0.4, -0.2) is 54.8 Å². The summed E-state index contributed by atoms with van der Waals surface area (Å²) in [6.45, 7) is 3.33. The molecule has 2 aromatic carbocycles. The summed E-state index contributed by atoms with van der Waals surface area (Å²) < 4.78 is 0. The lowest BCUT2D eigenvalue weighted by atomic mass is 10.1. The summed E-state index contributed by atoms with van der Waals surface area (Å²) in [5, 5.41) is 2.98. The first kappa shape index (κ1) is 17.7. The van der Waals surface area contributed by atoms with Gasteiger partial charge in [-0.3, -0.25) is 9.59 Å². The van der Waals surface area contributed by atoms with Crippen molar-refractivity contribution in [1.82, 2.24) is 9.80 Å². The van der Waals surface area contributed by atoms with E-state index < -0.39 is 0 Å². The molecule has 140 valence electrons. The molecule has 1 N–H and O–H groups in total. The van der Waals surface area contributed by atoms with Crippen molar-refractivity contribution < 1.29 is 9.59 Å². The van der Waals surface area contributed by atoms with Crippen molar-refractivity contribution in [2.75, 3.05) is 38.5 Å². The van der Waals surface area contributed by atoms with Crippen LogP contribution in [0.15, 0.2) is 54.6 Å². The summed E-state index contributed by atoms with van der Waals surface area (Å²) in [6, 6.07) is 17.4. The molecule has 2 fully saturated rings. The van der Waals surface area contributed by atoms with Gasteiger partial charge in [0.1, 0.15) is 0 Å². The fourth-order valence-electron chi connectivity index (χ4n) is 3.68. The molecule has 0 spiro atoms. The topological polar surface area (TPSA) is 52.6 Å². The highest BCUT2D eigenvalue weighted by Gasteiger charge is 2.43. The normalized spacial score (nSPS) is 22.3. The molecule has 1 aliphatic carbocycles. The van der Waals surface area contributed by atoms with E-state index in [1.807, 2.05) is 35.2 Å². The average molecular weight is 363 g/mol. The second-order valence-electron chi connectivity index (χ2n) is 7.52. The fourth-order valence-corrected chi connectivity index (χ4v) is 3.68. The molecule has 4 rings (SSSR count). The highest BCUT2D eigenvalue weighted by molar-refractivity contribution is 5.97. The molecule has 1 aliphatic heterocycles. The number of piperazine rings is 1. The lowest BCUT2D eigenvalue weighted by Gasteiger charge is -2.32. The van der Waals surface area contributed by atoms with Gasteiger partial charge < -0.3 is 15.1 Å². The molecule has 1 saturated heterocycles. The highest BCUT2D eigenvalue weighted by Crippen LogP contribution is 2.47. The average Bonchev–Trinajstić information content (AvgIpc) is 3.50. The zero-order valence-corrected chi connectivity index (χ0v) is 15.6. The van der Waals surface area contributed by atoms with Crippen molar-refractivity contribution in [3.8, 4) is 0 Å². The summed E-state index contributed by atoms with van der Waals surface area (Å²) in [5.74, 6) is 0.484. The minimum absolute atomic E-state index is 0.0408. The van der Waals surface area contributed by atoms with Gasteiger partial charge in [-0.2, -0.15) is 0 Å². The number of carbonyl (C=O) groups excluding carboxylic acids is 2. The maximum absolute atomic E-state index is 12.6. The van der Waals surface area contributed by atoms with E-state index in [0.29, 0.717) is 11.5 Å². The van der Waals surface area contributed by atoms with E-state index in [1.165, 1.54) is 5.56 Å². The molecule has 2 aliphatic rings. The minimum atomic E-state index is 0.0408. The van der Waals surface area contributed by atoms with Gasteiger partial charge in [0.25, 0.3) is 5.91 Å². The summed E-state index contributed by atoms with van der Waals surface area (Å²) in [7, 11) is 2.07. The van der Waals surface area contributed by atoms with Crippen molar-refractivity contribution in [2.24, 2.45) is 5.92 Å². The number of benzene rings is 2. The van der Waals surface area contributed by atoms with E-state index in [-0.39, 0.29) is 17.7 Å². The molecule has 2 unspecified atom stereocenters. The van der Waals surface area contributed by atoms with E-state index in [4.69, 9.17) is 0 Å². The van der Waals surface area contributed by atoms with Gasteiger partial charge >= 0.3 is 0 Å². The van der Waals surface area contributed by atoms with E-state index >= 15 is 0 Å². The number of nitrogens with one attached hydrogen (secondary N) is 1. The standard InChI is InChI=1S/C22H25N3O2/c1-24-11-13-25(14-12-24)22(27)17-7-9-18(10-8-17)23-21(26)20-15-19(20)16-5-3-2-4-6-16/h2-10,19-20H,11-15H2,1H3,(H,23,26). The minimum Gasteiger partial charge on any atom is -0.336 e. The van der Waals surface area contributed by atoms with Crippen molar-refractivity contribution in [3.05, 3.63) is 65.7 Å². The molecule has 0 aromatic heterocycles. The number of likely N-dealkylation sites (N-methyl/N-ethyl adjacent to an activating group) is 1. The quantitative estimate of drug-likeness (QED) is 0.909. The van der Waals surface area contributed by atoms with Crippen LogP contribution in [0.4, 0.5) is 5.69 Å². The van der Waals surface area contributed by atoms with Gasteiger partial charge in [-0.15, -0.1) is 0 Å². The number of hydrogen-bond acceptors (Lipinski definition) is 3. The van der Waals surface area contributed by atoms with Gasteiger partial charge in [0.15, 0.2) is 0 Å². The molecule has 2 amide bonds. The Labute approximate surface area is 160 Å². The molecule has 5 nitrogen and oxygen atoms in total. The monoisotopic (exact) mass is 363 g/mol. The molecule has 2 aromatic rings. The Bertz CT molecular complexity index is 811. The van der Waals surface area contributed by atoms with Crippen LogP contribution in [0.2, 0.25) is 0 Å². The maximum atomic E-state index is 12.6. The van der Waals surface area contributed by atoms with Crippen molar-refractivity contribution in [1.29, 1.82) is 0 Å². The fraction of sp³-hybridized carbons (Fsp3) is 0.364. The van der Waals surface area contributed by atoms with Crippen LogP contribution in [0.3, 0.4) is 0 Å². The molecule has 1 heterocycles. The molecule has 2 atom stereocenters. The van der Waals surface area contributed by atoms with E-state index in [0.717, 1.165) is 38.3 Å². The molecule has 0 radical (unpaired) electrons. The van der Waals surface area contributed by atoms with Gasteiger partial charge in [0.2, 0.25) is 5.91 Å². The van der Waals surface area contributed by atoms with Crippen molar-refractivity contribution in [3.63, 3.8) is 0 Å². The predicted molar refractivity (Wildman–Crippen MR) is 106 cm³/mol. The Morgan fingerprint density at radius 3 is 2.26 bits per heavy atom. The number of carbonyl (C=O) groups is 2. The maximum Gasteiger partial charge on any atom is 0.253 e. The first-order chi connectivity index (χ1) is 13.1. The smallest absolute Gasteiger partial charge is 0.253 e.